The minimum absolute atomic E-state index is 0.0325. The van der Waals surface area contributed by atoms with Gasteiger partial charge in [0.05, 0.1) is 18.6 Å². The van der Waals surface area contributed by atoms with E-state index in [0.717, 1.165) is 12.5 Å². The Morgan fingerprint density at radius 2 is 1.66 bits per heavy atom. The smallest absolute Gasteiger partial charge is 0.248 e. The molecule has 1 saturated carbocycles. The van der Waals surface area contributed by atoms with Crippen molar-refractivity contribution in [2.45, 2.75) is 50.8 Å². The molecule has 2 fully saturated rings. The monoisotopic (exact) mass is 509 g/mol. The minimum atomic E-state index is -3.67. The highest BCUT2D eigenvalue weighted by molar-refractivity contribution is 7.89. The summed E-state index contributed by atoms with van der Waals surface area (Å²) in [6, 6.07) is 3.44. The van der Waals surface area contributed by atoms with Crippen LogP contribution < -0.4 is 4.74 Å². The molecule has 1 saturated heterocycles. The first-order chi connectivity index (χ1) is 16.6. The summed E-state index contributed by atoms with van der Waals surface area (Å²) in [6.07, 6.45) is 6.23. The van der Waals surface area contributed by atoms with Crippen molar-refractivity contribution < 1.29 is 22.7 Å². The molecule has 1 aliphatic heterocycles. The number of ether oxygens (including phenoxy) is 2. The van der Waals surface area contributed by atoms with Gasteiger partial charge in [-0.25, -0.2) is 8.42 Å². The van der Waals surface area contributed by atoms with Crippen LogP contribution in [0.4, 0.5) is 0 Å². The Hall–Kier alpha value is -1.68. The summed E-state index contributed by atoms with van der Waals surface area (Å²) in [5.74, 6) is 1.95. The Morgan fingerprint density at radius 3 is 2.20 bits per heavy atom. The number of nitrogens with zero attached hydrogens (tertiary/aromatic N) is 3. The third kappa shape index (κ3) is 7.41. The van der Waals surface area contributed by atoms with Crippen molar-refractivity contribution in [1.29, 1.82) is 0 Å². The van der Waals surface area contributed by atoms with Gasteiger partial charge in [-0.05, 0) is 94.1 Å². The average Bonchev–Trinajstić information content (AvgIpc) is 2.79. The number of aryl methyl sites for hydroxylation is 2. The van der Waals surface area contributed by atoms with Crippen molar-refractivity contribution in [2.24, 2.45) is 11.8 Å². The fourth-order valence-corrected chi connectivity index (χ4v) is 6.75. The maximum Gasteiger partial charge on any atom is 0.248 e. The molecule has 2 aliphatic rings. The lowest BCUT2D eigenvalue weighted by Gasteiger charge is -2.37. The SMILES string of the molecule is COc1cc(C)c(S(=O)(=O)N(C)CCOCC(=O)N(C)C[C@H]2CC[C@H](CN3CCC3)CC2)c(C)c1. The van der Waals surface area contributed by atoms with Gasteiger partial charge in [0.2, 0.25) is 15.9 Å². The van der Waals surface area contributed by atoms with E-state index < -0.39 is 10.0 Å². The Balaban J connectivity index is 1.38. The molecule has 1 aromatic carbocycles. The first-order valence-corrected chi connectivity index (χ1v) is 14.2. The molecular formula is C26H43N3O5S. The van der Waals surface area contributed by atoms with Crippen molar-refractivity contribution >= 4 is 15.9 Å². The predicted octanol–water partition coefficient (Wildman–Crippen LogP) is 2.92. The van der Waals surface area contributed by atoms with Crippen LogP contribution in [0.5, 0.6) is 5.75 Å². The third-order valence-electron chi connectivity index (χ3n) is 7.50. The van der Waals surface area contributed by atoms with Gasteiger partial charge >= 0.3 is 0 Å². The predicted molar refractivity (Wildman–Crippen MR) is 137 cm³/mol. The van der Waals surface area contributed by atoms with Gasteiger partial charge in [0.25, 0.3) is 0 Å². The zero-order valence-electron chi connectivity index (χ0n) is 22.1. The molecule has 3 rings (SSSR count). The summed E-state index contributed by atoms with van der Waals surface area (Å²) in [5.41, 5.74) is 1.28. The lowest BCUT2D eigenvalue weighted by Crippen LogP contribution is -2.42. The zero-order valence-corrected chi connectivity index (χ0v) is 22.9. The number of carbonyl (C=O) groups excluding carboxylic acids is 1. The molecule has 1 aromatic rings. The lowest BCUT2D eigenvalue weighted by molar-refractivity contribution is -0.135. The number of methoxy groups -OCH3 is 1. The molecule has 0 atom stereocenters. The molecule has 0 spiro atoms. The van der Waals surface area contributed by atoms with E-state index in [0.29, 0.717) is 22.8 Å². The topological polar surface area (TPSA) is 79.4 Å². The Kier molecular flexibility index (Phi) is 9.98. The normalized spacial score (nSPS) is 21.1. The van der Waals surface area contributed by atoms with E-state index in [2.05, 4.69) is 4.90 Å². The highest BCUT2D eigenvalue weighted by Gasteiger charge is 2.27. The van der Waals surface area contributed by atoms with Crippen molar-refractivity contribution in [1.82, 2.24) is 14.1 Å². The largest absolute Gasteiger partial charge is 0.497 e. The average molecular weight is 510 g/mol. The Morgan fingerprint density at radius 1 is 1.06 bits per heavy atom. The maximum absolute atomic E-state index is 13.1. The number of likely N-dealkylation sites (N-methyl/N-ethyl adjacent to an activating group) is 2. The van der Waals surface area contributed by atoms with E-state index in [-0.39, 0.29) is 30.6 Å². The molecule has 1 aliphatic carbocycles. The maximum atomic E-state index is 13.1. The molecule has 198 valence electrons. The second-order valence-electron chi connectivity index (χ2n) is 10.3. The van der Waals surface area contributed by atoms with Crippen LogP contribution in [0, 0.1) is 25.7 Å². The fraction of sp³-hybridized carbons (Fsp3) is 0.731. The molecule has 0 bridgehead atoms. The number of carbonyl (C=O) groups is 1. The summed E-state index contributed by atoms with van der Waals surface area (Å²) in [4.78, 5) is 17.1. The first kappa shape index (κ1) is 27.9. The van der Waals surface area contributed by atoms with Gasteiger partial charge in [-0.15, -0.1) is 0 Å². The van der Waals surface area contributed by atoms with Gasteiger partial charge in [0.15, 0.2) is 0 Å². The van der Waals surface area contributed by atoms with E-state index in [1.54, 1.807) is 38.0 Å². The number of hydrogen-bond donors (Lipinski definition) is 0. The van der Waals surface area contributed by atoms with E-state index in [1.807, 2.05) is 7.05 Å². The van der Waals surface area contributed by atoms with Crippen LogP contribution in [-0.4, -0.2) is 95.6 Å². The number of likely N-dealkylation sites (tertiary alicyclic amines) is 1. The third-order valence-corrected chi connectivity index (χ3v) is 9.67. The molecule has 9 heteroatoms. The van der Waals surface area contributed by atoms with Crippen molar-refractivity contribution in [3.05, 3.63) is 23.3 Å². The number of sulfonamides is 1. The number of benzene rings is 1. The van der Waals surface area contributed by atoms with Crippen molar-refractivity contribution in [3.63, 3.8) is 0 Å². The van der Waals surface area contributed by atoms with Crippen LogP contribution in [0.15, 0.2) is 17.0 Å². The molecule has 0 radical (unpaired) electrons. The summed E-state index contributed by atoms with van der Waals surface area (Å²) in [6.45, 7) is 8.37. The molecule has 0 aromatic heterocycles. The molecule has 1 amide bonds. The number of amides is 1. The van der Waals surface area contributed by atoms with Crippen molar-refractivity contribution in [2.75, 3.05) is 67.1 Å². The second-order valence-corrected chi connectivity index (χ2v) is 12.3. The van der Waals surface area contributed by atoms with Crippen LogP contribution in [-0.2, 0) is 19.6 Å². The highest BCUT2D eigenvalue weighted by Crippen LogP contribution is 2.31. The summed E-state index contributed by atoms with van der Waals surface area (Å²) in [5, 5.41) is 0. The van der Waals surface area contributed by atoms with Crippen LogP contribution in [0.3, 0.4) is 0 Å². The molecule has 8 nitrogen and oxygen atoms in total. The zero-order chi connectivity index (χ0) is 25.6. The van der Waals surface area contributed by atoms with Gasteiger partial charge in [0, 0.05) is 33.7 Å². The van der Waals surface area contributed by atoms with Gasteiger partial charge in [-0.2, -0.15) is 4.31 Å². The van der Waals surface area contributed by atoms with Crippen LogP contribution in [0.25, 0.3) is 0 Å². The number of rotatable bonds is 12. The van der Waals surface area contributed by atoms with Gasteiger partial charge in [-0.3, -0.25) is 4.79 Å². The van der Waals surface area contributed by atoms with E-state index in [4.69, 9.17) is 9.47 Å². The highest BCUT2D eigenvalue weighted by atomic mass is 32.2. The Bertz CT molecular complexity index is 933. The van der Waals surface area contributed by atoms with Gasteiger partial charge in [-0.1, -0.05) is 0 Å². The van der Waals surface area contributed by atoms with Crippen LogP contribution in [0.1, 0.15) is 43.2 Å². The van der Waals surface area contributed by atoms with E-state index >= 15 is 0 Å². The quantitative estimate of drug-likeness (QED) is 0.403. The molecule has 1 heterocycles. The van der Waals surface area contributed by atoms with Gasteiger partial charge in [0.1, 0.15) is 12.4 Å². The van der Waals surface area contributed by atoms with Gasteiger partial charge < -0.3 is 19.3 Å². The Labute approximate surface area is 211 Å². The first-order valence-electron chi connectivity index (χ1n) is 12.8. The van der Waals surface area contributed by atoms with Crippen molar-refractivity contribution in [3.8, 4) is 5.75 Å². The second kappa shape index (κ2) is 12.5. The summed E-state index contributed by atoms with van der Waals surface area (Å²) in [7, 11) is 1.26. The number of hydrogen-bond acceptors (Lipinski definition) is 6. The molecule has 35 heavy (non-hydrogen) atoms. The molecular weight excluding hydrogens is 466 g/mol. The lowest BCUT2D eigenvalue weighted by atomic mass is 9.81. The fourth-order valence-electron chi connectivity index (χ4n) is 5.19. The summed E-state index contributed by atoms with van der Waals surface area (Å²) >= 11 is 0. The van der Waals surface area contributed by atoms with E-state index in [9.17, 15) is 13.2 Å². The minimum Gasteiger partial charge on any atom is -0.497 e. The van der Waals surface area contributed by atoms with E-state index in [1.165, 1.54) is 63.1 Å². The van der Waals surface area contributed by atoms with Crippen LogP contribution in [0.2, 0.25) is 0 Å². The summed E-state index contributed by atoms with van der Waals surface area (Å²) < 4.78 is 38.2. The molecule has 0 N–H and O–H groups in total. The molecule has 0 unspecified atom stereocenters. The van der Waals surface area contributed by atoms with Crippen LogP contribution >= 0.6 is 0 Å². The standard InChI is InChI=1S/C26H43N3O5S/c1-20-15-24(33-5)16-21(2)26(20)35(31,32)28(4)13-14-34-19-25(30)27(3)17-22-7-9-23(10-8-22)18-29-11-6-12-29/h15-16,22-23H,6-14,17-19H2,1-5H3/t22-,23-.